The molecule has 0 amide bonds. The molecule has 128 valence electrons. The average molecular weight is 319 g/mol. The molecule has 0 spiro atoms. The van der Waals surface area contributed by atoms with Gasteiger partial charge in [0.2, 0.25) is 0 Å². The predicted octanol–water partition coefficient (Wildman–Crippen LogP) is 3.93. The third kappa shape index (κ3) is 5.54. The summed E-state index contributed by atoms with van der Waals surface area (Å²) in [6, 6.07) is 5.56. The molecule has 0 saturated carbocycles. The standard InChI is InChI=1S/C19H29NO3/c1-3-13-22-18-8-7-16(15-19(18)23-14-4-2)17(21)9-12-20-10-5-6-11-20/h7-8,15H,3-6,9-14H2,1-2H3. The Labute approximate surface area is 139 Å². The molecule has 1 saturated heterocycles. The number of nitrogens with zero attached hydrogens (tertiary/aromatic N) is 1. The van der Waals surface area contributed by atoms with Crippen LogP contribution in [0.2, 0.25) is 0 Å². The molecule has 1 aliphatic rings. The number of rotatable bonds is 10. The minimum atomic E-state index is 0.181. The molecule has 0 aliphatic carbocycles. The normalized spacial score (nSPS) is 14.9. The smallest absolute Gasteiger partial charge is 0.164 e. The lowest BCUT2D eigenvalue weighted by Crippen LogP contribution is -2.22. The van der Waals surface area contributed by atoms with Crippen LogP contribution in [0, 0.1) is 0 Å². The molecule has 0 atom stereocenters. The number of hydrogen-bond acceptors (Lipinski definition) is 4. The highest BCUT2D eigenvalue weighted by molar-refractivity contribution is 5.96. The minimum absolute atomic E-state index is 0.181. The fraction of sp³-hybridized carbons (Fsp3) is 0.632. The molecule has 1 aromatic carbocycles. The van der Waals surface area contributed by atoms with Crippen LogP contribution in [0.4, 0.5) is 0 Å². The van der Waals surface area contributed by atoms with Crippen molar-refractivity contribution >= 4 is 5.78 Å². The van der Waals surface area contributed by atoms with Crippen LogP contribution in [0.15, 0.2) is 18.2 Å². The zero-order chi connectivity index (χ0) is 16.5. The van der Waals surface area contributed by atoms with Crippen LogP contribution in [0.25, 0.3) is 0 Å². The summed E-state index contributed by atoms with van der Waals surface area (Å²) in [5.74, 6) is 1.60. The maximum atomic E-state index is 12.4. The molecule has 0 unspecified atom stereocenters. The number of hydrogen-bond donors (Lipinski definition) is 0. The molecular formula is C19H29NO3. The van der Waals surface area contributed by atoms with Crippen molar-refractivity contribution in [2.24, 2.45) is 0 Å². The number of ether oxygens (including phenoxy) is 2. The van der Waals surface area contributed by atoms with Gasteiger partial charge in [-0.05, 0) is 57.0 Å². The summed E-state index contributed by atoms with van der Waals surface area (Å²) < 4.78 is 11.5. The molecule has 4 nitrogen and oxygen atoms in total. The first kappa shape index (κ1) is 17.8. The zero-order valence-corrected chi connectivity index (χ0v) is 14.5. The van der Waals surface area contributed by atoms with E-state index < -0.39 is 0 Å². The number of carbonyl (C=O) groups excluding carboxylic acids is 1. The van der Waals surface area contributed by atoms with Gasteiger partial charge in [0.1, 0.15) is 0 Å². The van der Waals surface area contributed by atoms with Gasteiger partial charge in [0.25, 0.3) is 0 Å². The fourth-order valence-corrected chi connectivity index (χ4v) is 2.75. The third-order valence-corrected chi connectivity index (χ3v) is 4.04. The SMILES string of the molecule is CCCOc1ccc(C(=O)CCN2CCCC2)cc1OCCC. The van der Waals surface area contributed by atoms with E-state index in [2.05, 4.69) is 18.7 Å². The Morgan fingerprint density at radius 2 is 1.70 bits per heavy atom. The lowest BCUT2D eigenvalue weighted by Gasteiger charge is -2.15. The van der Waals surface area contributed by atoms with Gasteiger partial charge in [-0.25, -0.2) is 0 Å². The van der Waals surface area contributed by atoms with Gasteiger partial charge in [-0.2, -0.15) is 0 Å². The highest BCUT2D eigenvalue weighted by atomic mass is 16.5. The van der Waals surface area contributed by atoms with E-state index >= 15 is 0 Å². The Balaban J connectivity index is 2.00. The number of benzene rings is 1. The predicted molar refractivity (Wildman–Crippen MR) is 92.6 cm³/mol. The van der Waals surface area contributed by atoms with Gasteiger partial charge in [0, 0.05) is 18.5 Å². The van der Waals surface area contributed by atoms with Crippen LogP contribution in [0.3, 0.4) is 0 Å². The van der Waals surface area contributed by atoms with Crippen LogP contribution >= 0.6 is 0 Å². The van der Waals surface area contributed by atoms with Crippen molar-refractivity contribution in [2.45, 2.75) is 46.0 Å². The van der Waals surface area contributed by atoms with Gasteiger partial charge < -0.3 is 14.4 Å². The molecule has 4 heteroatoms. The molecule has 2 rings (SSSR count). The Kier molecular flexibility index (Phi) is 7.40. The number of likely N-dealkylation sites (tertiary alicyclic amines) is 1. The van der Waals surface area contributed by atoms with Crippen molar-refractivity contribution in [2.75, 3.05) is 32.8 Å². The van der Waals surface area contributed by atoms with Gasteiger partial charge in [-0.1, -0.05) is 13.8 Å². The van der Waals surface area contributed by atoms with Crippen molar-refractivity contribution in [1.29, 1.82) is 0 Å². The largest absolute Gasteiger partial charge is 0.490 e. The molecule has 1 fully saturated rings. The van der Waals surface area contributed by atoms with Crippen molar-refractivity contribution in [3.05, 3.63) is 23.8 Å². The third-order valence-electron chi connectivity index (χ3n) is 4.04. The number of ketones is 1. The second-order valence-electron chi connectivity index (χ2n) is 6.08. The van der Waals surface area contributed by atoms with Gasteiger partial charge in [-0.3, -0.25) is 4.79 Å². The summed E-state index contributed by atoms with van der Waals surface area (Å²) in [7, 11) is 0. The van der Waals surface area contributed by atoms with E-state index in [0.717, 1.165) is 43.8 Å². The molecule has 0 bridgehead atoms. The number of Topliss-reactive ketones (excluding diaryl/α,β-unsaturated/α-hetero) is 1. The van der Waals surface area contributed by atoms with Crippen molar-refractivity contribution in [3.63, 3.8) is 0 Å². The summed E-state index contributed by atoms with van der Waals surface area (Å²) in [5, 5.41) is 0. The van der Waals surface area contributed by atoms with E-state index in [1.807, 2.05) is 18.2 Å². The van der Waals surface area contributed by atoms with Gasteiger partial charge in [-0.15, -0.1) is 0 Å². The van der Waals surface area contributed by atoms with Crippen molar-refractivity contribution in [3.8, 4) is 11.5 Å². The molecular weight excluding hydrogens is 290 g/mol. The first-order chi connectivity index (χ1) is 11.2. The summed E-state index contributed by atoms with van der Waals surface area (Å²) in [4.78, 5) is 14.8. The maximum Gasteiger partial charge on any atom is 0.164 e. The minimum Gasteiger partial charge on any atom is -0.490 e. The zero-order valence-electron chi connectivity index (χ0n) is 14.5. The Bertz CT molecular complexity index is 495. The molecule has 1 aromatic rings. The highest BCUT2D eigenvalue weighted by Crippen LogP contribution is 2.29. The monoisotopic (exact) mass is 319 g/mol. The topological polar surface area (TPSA) is 38.8 Å². The Morgan fingerprint density at radius 3 is 2.35 bits per heavy atom. The lowest BCUT2D eigenvalue weighted by molar-refractivity contribution is 0.0968. The van der Waals surface area contributed by atoms with E-state index in [4.69, 9.17) is 9.47 Å². The maximum absolute atomic E-state index is 12.4. The van der Waals surface area contributed by atoms with E-state index in [1.165, 1.54) is 12.8 Å². The molecule has 23 heavy (non-hydrogen) atoms. The van der Waals surface area contributed by atoms with Crippen LogP contribution in [-0.2, 0) is 0 Å². The average Bonchev–Trinajstić information content (AvgIpc) is 3.09. The summed E-state index contributed by atoms with van der Waals surface area (Å²) >= 11 is 0. The first-order valence-corrected chi connectivity index (χ1v) is 8.89. The summed E-state index contributed by atoms with van der Waals surface area (Å²) in [6.45, 7) is 8.54. The van der Waals surface area contributed by atoms with Crippen LogP contribution < -0.4 is 9.47 Å². The van der Waals surface area contributed by atoms with E-state index in [9.17, 15) is 4.79 Å². The highest BCUT2D eigenvalue weighted by Gasteiger charge is 2.15. The van der Waals surface area contributed by atoms with Gasteiger partial charge in [0.05, 0.1) is 13.2 Å². The summed E-state index contributed by atoms with van der Waals surface area (Å²) in [5.41, 5.74) is 0.721. The molecule has 1 heterocycles. The molecule has 0 N–H and O–H groups in total. The fourth-order valence-electron chi connectivity index (χ4n) is 2.75. The van der Waals surface area contributed by atoms with Gasteiger partial charge in [0.15, 0.2) is 17.3 Å². The second-order valence-corrected chi connectivity index (χ2v) is 6.08. The Morgan fingerprint density at radius 1 is 1.04 bits per heavy atom. The van der Waals surface area contributed by atoms with Crippen LogP contribution in [0.5, 0.6) is 11.5 Å². The first-order valence-electron chi connectivity index (χ1n) is 8.89. The van der Waals surface area contributed by atoms with Crippen LogP contribution in [-0.4, -0.2) is 43.5 Å². The van der Waals surface area contributed by atoms with Crippen LogP contribution in [0.1, 0.15) is 56.3 Å². The molecule has 1 aliphatic heterocycles. The van der Waals surface area contributed by atoms with E-state index in [-0.39, 0.29) is 5.78 Å². The van der Waals surface area contributed by atoms with Crippen molar-refractivity contribution in [1.82, 2.24) is 4.90 Å². The van der Waals surface area contributed by atoms with Crippen molar-refractivity contribution < 1.29 is 14.3 Å². The number of carbonyl (C=O) groups is 1. The lowest BCUT2D eigenvalue weighted by atomic mass is 10.1. The van der Waals surface area contributed by atoms with E-state index in [1.54, 1.807) is 0 Å². The molecule has 0 aromatic heterocycles. The van der Waals surface area contributed by atoms with Gasteiger partial charge >= 0.3 is 0 Å². The van der Waals surface area contributed by atoms with E-state index in [0.29, 0.717) is 25.4 Å². The Hall–Kier alpha value is -1.55. The molecule has 0 radical (unpaired) electrons. The summed E-state index contributed by atoms with van der Waals surface area (Å²) in [6.07, 6.45) is 4.96. The quantitative estimate of drug-likeness (QED) is 0.613. The second kappa shape index (κ2) is 9.56.